The van der Waals surface area contributed by atoms with Gasteiger partial charge in [-0.1, -0.05) is 108 Å². The minimum Gasteiger partial charge on any atom is -0.464 e. The molecule has 0 unspecified atom stereocenters. The Kier molecular flexibility index (Phi) is 12.1. The summed E-state index contributed by atoms with van der Waals surface area (Å²) >= 11 is 0. The molecule has 0 saturated heterocycles. The van der Waals surface area contributed by atoms with Gasteiger partial charge in [0.05, 0.1) is 34.8 Å². The van der Waals surface area contributed by atoms with Crippen molar-refractivity contribution in [2.45, 2.75) is 48.6 Å². The summed E-state index contributed by atoms with van der Waals surface area (Å²) in [4.78, 5) is 52.6. The quantitative estimate of drug-likeness (QED) is 0.106. The number of sulfonamides is 2. The molecule has 56 heavy (non-hydrogen) atoms. The van der Waals surface area contributed by atoms with Gasteiger partial charge in [-0.25, -0.2) is 26.4 Å². The van der Waals surface area contributed by atoms with Crippen molar-refractivity contribution in [2.24, 2.45) is 11.8 Å². The molecule has 0 fully saturated rings. The number of hydrogen-bond acceptors (Lipinski definition) is 10. The van der Waals surface area contributed by atoms with E-state index in [2.05, 4.69) is 22.6 Å². The molecule has 2 heterocycles. The summed E-state index contributed by atoms with van der Waals surface area (Å²) < 4.78 is 66.2. The van der Waals surface area contributed by atoms with Gasteiger partial charge in [0.25, 0.3) is 0 Å². The molecule has 0 aromatic heterocycles. The summed E-state index contributed by atoms with van der Waals surface area (Å²) in [6, 6.07) is 25.8. The van der Waals surface area contributed by atoms with Gasteiger partial charge in [-0.05, 0) is 39.8 Å². The highest BCUT2D eigenvalue weighted by molar-refractivity contribution is 7.90. The van der Waals surface area contributed by atoms with E-state index in [1.54, 1.807) is 86.6 Å². The Morgan fingerprint density at radius 2 is 0.911 bits per heavy atom. The molecular formula is C42H42N2O10S2. The number of hydrogen-bond donors (Lipinski definition) is 2. The molecule has 4 aromatic rings. The number of benzene rings is 4. The maximum Gasteiger partial charge on any atom is 0.333 e. The first-order chi connectivity index (χ1) is 26.5. The highest BCUT2D eigenvalue weighted by Crippen LogP contribution is 2.45. The second kappa shape index (κ2) is 16.3. The minimum absolute atomic E-state index is 0.0348. The Balaban J connectivity index is 0.000000214. The molecular weight excluding hydrogens is 757 g/mol. The van der Waals surface area contributed by atoms with Gasteiger partial charge >= 0.3 is 11.9 Å². The molecule has 4 atom stereocenters. The molecule has 14 heteroatoms. The van der Waals surface area contributed by atoms with E-state index in [-0.39, 0.29) is 34.1 Å². The number of aryl methyl sites for hydroxylation is 2. The van der Waals surface area contributed by atoms with Crippen LogP contribution in [0.3, 0.4) is 0 Å². The number of nitrogens with one attached hydrogen (secondary N) is 2. The van der Waals surface area contributed by atoms with E-state index in [9.17, 15) is 36.0 Å². The summed E-state index contributed by atoms with van der Waals surface area (Å²) in [5.74, 6) is -4.91. The molecule has 0 bridgehead atoms. The van der Waals surface area contributed by atoms with Gasteiger partial charge in [0.1, 0.15) is 0 Å². The zero-order valence-electron chi connectivity index (χ0n) is 31.3. The van der Waals surface area contributed by atoms with Gasteiger partial charge in [-0.3, -0.25) is 9.59 Å². The third-order valence-corrected chi connectivity index (χ3v) is 12.7. The number of carbonyl (C=O) groups excluding carboxylic acids is 4. The van der Waals surface area contributed by atoms with Crippen LogP contribution >= 0.6 is 0 Å². The van der Waals surface area contributed by atoms with Gasteiger partial charge in [0.15, 0.2) is 22.6 Å². The second-order valence-electron chi connectivity index (χ2n) is 13.1. The van der Waals surface area contributed by atoms with E-state index >= 15 is 0 Å². The first-order valence-corrected chi connectivity index (χ1v) is 20.6. The third-order valence-electron chi connectivity index (χ3n) is 9.63. The fourth-order valence-corrected chi connectivity index (χ4v) is 10.2. The molecule has 6 rings (SSSR count). The fraction of sp³-hybridized carbons (Fsp3) is 0.238. The number of ether oxygens (including phenoxy) is 2. The smallest absolute Gasteiger partial charge is 0.333 e. The average molecular weight is 799 g/mol. The van der Waals surface area contributed by atoms with E-state index in [4.69, 9.17) is 9.47 Å². The van der Waals surface area contributed by atoms with Crippen molar-refractivity contribution in [1.29, 1.82) is 0 Å². The number of ketones is 2. The zero-order valence-corrected chi connectivity index (χ0v) is 32.9. The van der Waals surface area contributed by atoms with E-state index < -0.39 is 66.5 Å². The number of esters is 2. The molecule has 12 nitrogen and oxygen atoms in total. The van der Waals surface area contributed by atoms with Crippen LogP contribution in [-0.4, -0.2) is 53.6 Å². The van der Waals surface area contributed by atoms with E-state index in [0.717, 1.165) is 11.1 Å². The molecule has 0 aliphatic carbocycles. The predicted octanol–water partition coefficient (Wildman–Crippen LogP) is 5.46. The lowest BCUT2D eigenvalue weighted by molar-refractivity contribution is -0.152. The van der Waals surface area contributed by atoms with Crippen LogP contribution in [0.4, 0.5) is 0 Å². The largest absolute Gasteiger partial charge is 0.464 e. The van der Waals surface area contributed by atoms with Crippen LogP contribution in [0.2, 0.25) is 0 Å². The summed E-state index contributed by atoms with van der Waals surface area (Å²) in [7, 11) is -8.01. The molecule has 2 aliphatic rings. The maximum absolute atomic E-state index is 13.3. The van der Waals surface area contributed by atoms with Crippen molar-refractivity contribution < 1.29 is 45.5 Å². The molecule has 0 saturated carbocycles. The summed E-state index contributed by atoms with van der Waals surface area (Å²) in [5, 5.41) is 0. The van der Waals surface area contributed by atoms with Gasteiger partial charge in [0, 0.05) is 22.3 Å². The standard InChI is InChI=1S/2C21H21NO5S/c2*1-4-16(19(23)15-12-10-14(3)11-13-15)21(20(24)27-5-2)17-8-6-7-9-18(17)28(25,26)22-21/h2*4,6-13,16,22H,1,5H2,2-3H3/t2*16-,21+/m00/s1. The van der Waals surface area contributed by atoms with Crippen LogP contribution < -0.4 is 9.44 Å². The van der Waals surface area contributed by atoms with Crippen molar-refractivity contribution in [3.63, 3.8) is 0 Å². The topological polar surface area (TPSA) is 179 Å². The Morgan fingerprint density at radius 3 is 1.21 bits per heavy atom. The lowest BCUT2D eigenvalue weighted by atomic mass is 9.75. The molecule has 2 N–H and O–H groups in total. The number of carbonyl (C=O) groups is 4. The van der Waals surface area contributed by atoms with Crippen LogP contribution in [0.15, 0.2) is 132 Å². The van der Waals surface area contributed by atoms with E-state index in [1.807, 2.05) is 13.8 Å². The van der Waals surface area contributed by atoms with Crippen LogP contribution in [0, 0.1) is 25.7 Å². The second-order valence-corrected chi connectivity index (χ2v) is 16.4. The maximum atomic E-state index is 13.3. The Morgan fingerprint density at radius 1 is 0.589 bits per heavy atom. The van der Waals surface area contributed by atoms with Gasteiger partial charge in [0.2, 0.25) is 20.0 Å². The predicted molar refractivity (Wildman–Crippen MR) is 209 cm³/mol. The Hall–Kier alpha value is -5.54. The van der Waals surface area contributed by atoms with Crippen molar-refractivity contribution >= 4 is 43.6 Å². The first-order valence-electron chi connectivity index (χ1n) is 17.6. The summed E-state index contributed by atoms with van der Waals surface area (Å²) in [6.45, 7) is 14.5. The van der Waals surface area contributed by atoms with Crippen LogP contribution in [0.1, 0.15) is 56.8 Å². The Bertz CT molecular complexity index is 2260. The zero-order chi connectivity index (χ0) is 41.1. The van der Waals surface area contributed by atoms with Crippen LogP contribution in [-0.2, 0) is 50.2 Å². The highest BCUT2D eigenvalue weighted by atomic mass is 32.2. The van der Waals surface area contributed by atoms with Gasteiger partial charge in [-0.15, -0.1) is 13.2 Å². The SMILES string of the molecule is C=C[C@@H](C(=O)c1ccc(C)cc1)[C@@]1(C(=O)OCC)NS(=O)(=O)c2ccccc21.C=C[C@@H](C(=O)c1ccc(C)cc1)[C@@]1(C(=O)OCC)NS(=O)(=O)c2ccccc21. The summed E-state index contributed by atoms with van der Waals surface area (Å²) in [6.07, 6.45) is 2.59. The fourth-order valence-electron chi connectivity index (χ4n) is 6.96. The summed E-state index contributed by atoms with van der Waals surface area (Å²) in [5.41, 5.74) is -0.815. The van der Waals surface area contributed by atoms with Crippen molar-refractivity contribution in [2.75, 3.05) is 13.2 Å². The Labute approximate surface area is 326 Å². The van der Waals surface area contributed by atoms with Crippen molar-refractivity contribution in [1.82, 2.24) is 9.44 Å². The highest BCUT2D eigenvalue weighted by Gasteiger charge is 2.60. The molecule has 0 radical (unpaired) electrons. The van der Waals surface area contributed by atoms with E-state index in [0.29, 0.717) is 11.1 Å². The number of fused-ring (bicyclic) bond motifs is 2. The number of Topliss-reactive ketones (excluding diaryl/α,β-unsaturated/α-hetero) is 2. The van der Waals surface area contributed by atoms with Crippen molar-refractivity contribution in [3.8, 4) is 0 Å². The van der Waals surface area contributed by atoms with Gasteiger partial charge < -0.3 is 9.47 Å². The lowest BCUT2D eigenvalue weighted by Gasteiger charge is -2.32. The minimum atomic E-state index is -4.00. The van der Waals surface area contributed by atoms with Gasteiger partial charge in [-0.2, -0.15) is 9.44 Å². The monoisotopic (exact) mass is 798 g/mol. The molecule has 0 amide bonds. The van der Waals surface area contributed by atoms with Crippen molar-refractivity contribution in [3.05, 3.63) is 156 Å². The van der Waals surface area contributed by atoms with Crippen LogP contribution in [0.25, 0.3) is 0 Å². The molecule has 2 aliphatic heterocycles. The average Bonchev–Trinajstić information content (AvgIpc) is 3.57. The third kappa shape index (κ3) is 7.28. The first kappa shape index (κ1) is 41.6. The number of rotatable bonds is 12. The molecule has 0 spiro atoms. The lowest BCUT2D eigenvalue weighted by Crippen LogP contribution is -2.55. The molecule has 4 aromatic carbocycles. The van der Waals surface area contributed by atoms with E-state index in [1.165, 1.54) is 36.4 Å². The van der Waals surface area contributed by atoms with Crippen LogP contribution in [0.5, 0.6) is 0 Å². The normalized spacial score (nSPS) is 20.8. The molecule has 292 valence electrons.